The Bertz CT molecular complexity index is 301. The first-order chi connectivity index (χ1) is 10.2. The molecule has 1 fully saturated rings. The smallest absolute Gasteiger partial charge is 0.305 e. The van der Waals surface area contributed by atoms with E-state index in [9.17, 15) is 9.59 Å². The molecule has 1 amide bonds. The van der Waals surface area contributed by atoms with E-state index >= 15 is 0 Å². The minimum atomic E-state index is -0.213. The maximum Gasteiger partial charge on any atom is 0.305 e. The number of nitrogens with one attached hydrogen (secondary N) is 1. The van der Waals surface area contributed by atoms with Gasteiger partial charge in [0, 0.05) is 25.5 Å². The van der Waals surface area contributed by atoms with Crippen molar-refractivity contribution in [3.63, 3.8) is 0 Å². The van der Waals surface area contributed by atoms with E-state index in [1.54, 1.807) is 0 Å². The van der Waals surface area contributed by atoms with E-state index in [1.165, 1.54) is 19.3 Å². The molecule has 21 heavy (non-hydrogen) atoms. The summed E-state index contributed by atoms with van der Waals surface area (Å²) in [6, 6.07) is 0.371. The number of carbonyl (C=O) groups is 2. The van der Waals surface area contributed by atoms with Gasteiger partial charge in [-0.25, -0.2) is 0 Å². The van der Waals surface area contributed by atoms with Crippen LogP contribution in [0.3, 0.4) is 0 Å². The summed E-state index contributed by atoms with van der Waals surface area (Å²) < 4.78 is 5.07. The monoisotopic (exact) mass is 299 g/mol. The average Bonchev–Trinajstić information content (AvgIpc) is 2.48. The zero-order valence-corrected chi connectivity index (χ0v) is 12.9. The highest BCUT2D eigenvalue weighted by Crippen LogP contribution is 2.17. The van der Waals surface area contributed by atoms with Crippen LogP contribution in [0.15, 0.2) is 0 Å². The summed E-state index contributed by atoms with van der Waals surface area (Å²) in [4.78, 5) is 23.0. The normalized spacial score (nSPS) is 15.7. The standard InChI is InChI=1S/C16H29NO4/c18-12-6-4-11-16(20)21-13-7-5-10-15(19)17-14-8-2-1-3-9-14/h14,18H,1-13H2,(H,17,19). The number of esters is 1. The van der Waals surface area contributed by atoms with Crippen LogP contribution in [-0.4, -0.2) is 36.2 Å². The van der Waals surface area contributed by atoms with Crippen LogP contribution in [0.25, 0.3) is 0 Å². The molecule has 0 aromatic carbocycles. The van der Waals surface area contributed by atoms with Crippen LogP contribution in [0, 0.1) is 0 Å². The van der Waals surface area contributed by atoms with Crippen LogP contribution < -0.4 is 5.32 Å². The van der Waals surface area contributed by atoms with Crippen molar-refractivity contribution >= 4 is 11.9 Å². The van der Waals surface area contributed by atoms with Crippen LogP contribution in [0.1, 0.15) is 70.6 Å². The van der Waals surface area contributed by atoms with Gasteiger partial charge in [-0.2, -0.15) is 0 Å². The van der Waals surface area contributed by atoms with Gasteiger partial charge in [0.25, 0.3) is 0 Å². The minimum absolute atomic E-state index is 0.114. The predicted molar refractivity (Wildman–Crippen MR) is 80.8 cm³/mol. The summed E-state index contributed by atoms with van der Waals surface area (Å²) in [6.45, 7) is 0.498. The summed E-state index contributed by atoms with van der Waals surface area (Å²) in [5, 5.41) is 11.7. The molecule has 0 unspecified atom stereocenters. The Hall–Kier alpha value is -1.10. The number of rotatable bonds is 10. The molecule has 2 N–H and O–H groups in total. The first kappa shape index (κ1) is 18.0. The van der Waals surface area contributed by atoms with Crippen molar-refractivity contribution in [2.45, 2.75) is 76.7 Å². The zero-order valence-electron chi connectivity index (χ0n) is 12.9. The lowest BCUT2D eigenvalue weighted by Gasteiger charge is -2.22. The van der Waals surface area contributed by atoms with Gasteiger partial charge in [-0.1, -0.05) is 19.3 Å². The fourth-order valence-electron chi connectivity index (χ4n) is 2.57. The third kappa shape index (κ3) is 9.45. The Morgan fingerprint density at radius 2 is 1.71 bits per heavy atom. The van der Waals surface area contributed by atoms with E-state index in [4.69, 9.17) is 9.84 Å². The number of aliphatic hydroxyl groups excluding tert-OH is 1. The molecule has 1 rings (SSSR count). The largest absolute Gasteiger partial charge is 0.466 e. The lowest BCUT2D eigenvalue weighted by Crippen LogP contribution is -2.36. The van der Waals surface area contributed by atoms with Crippen molar-refractivity contribution in [2.24, 2.45) is 0 Å². The highest BCUT2D eigenvalue weighted by atomic mass is 16.5. The van der Waals surface area contributed by atoms with E-state index in [1.807, 2.05) is 0 Å². The summed E-state index contributed by atoms with van der Waals surface area (Å²) in [5.74, 6) is -0.0914. The second-order valence-electron chi connectivity index (χ2n) is 5.76. The Morgan fingerprint density at radius 1 is 1.00 bits per heavy atom. The van der Waals surface area contributed by atoms with E-state index in [2.05, 4.69) is 5.32 Å². The van der Waals surface area contributed by atoms with Crippen LogP contribution in [0.5, 0.6) is 0 Å². The van der Waals surface area contributed by atoms with Gasteiger partial charge in [0.15, 0.2) is 0 Å². The molecule has 0 spiro atoms. The van der Waals surface area contributed by atoms with Gasteiger partial charge in [0.1, 0.15) is 0 Å². The molecule has 0 aromatic heterocycles. The molecule has 5 heteroatoms. The topological polar surface area (TPSA) is 75.6 Å². The van der Waals surface area contributed by atoms with E-state index in [0.717, 1.165) is 25.7 Å². The van der Waals surface area contributed by atoms with Crippen molar-refractivity contribution in [2.75, 3.05) is 13.2 Å². The zero-order chi connectivity index (χ0) is 15.3. The molecule has 0 radical (unpaired) electrons. The molecule has 1 saturated carbocycles. The number of aliphatic hydroxyl groups is 1. The molecule has 0 saturated heterocycles. The van der Waals surface area contributed by atoms with Crippen molar-refractivity contribution in [1.82, 2.24) is 5.32 Å². The molecule has 0 aliphatic heterocycles. The molecule has 1 aliphatic rings. The van der Waals surface area contributed by atoms with Crippen LogP contribution in [-0.2, 0) is 14.3 Å². The maximum atomic E-state index is 11.7. The first-order valence-electron chi connectivity index (χ1n) is 8.28. The van der Waals surface area contributed by atoms with Gasteiger partial charge in [-0.3, -0.25) is 9.59 Å². The lowest BCUT2D eigenvalue weighted by atomic mass is 9.95. The van der Waals surface area contributed by atoms with E-state index < -0.39 is 0 Å². The number of ether oxygens (including phenoxy) is 1. The Balaban J connectivity index is 1.93. The van der Waals surface area contributed by atoms with Gasteiger partial charge in [0.05, 0.1) is 6.61 Å². The highest BCUT2D eigenvalue weighted by Gasteiger charge is 2.15. The van der Waals surface area contributed by atoms with Crippen molar-refractivity contribution in [1.29, 1.82) is 0 Å². The minimum Gasteiger partial charge on any atom is -0.466 e. The fourth-order valence-corrected chi connectivity index (χ4v) is 2.57. The molecule has 1 aliphatic carbocycles. The molecular weight excluding hydrogens is 270 g/mol. The number of hydrogen-bond donors (Lipinski definition) is 2. The molecule has 5 nitrogen and oxygen atoms in total. The van der Waals surface area contributed by atoms with Crippen LogP contribution in [0.2, 0.25) is 0 Å². The van der Waals surface area contributed by atoms with Gasteiger partial charge in [-0.15, -0.1) is 0 Å². The SMILES string of the molecule is O=C(CCCCOC(=O)CCCCO)NC1CCCCC1. The lowest BCUT2D eigenvalue weighted by molar-refractivity contribution is -0.143. The number of hydrogen-bond acceptors (Lipinski definition) is 4. The Kier molecular flexibility index (Phi) is 9.87. The van der Waals surface area contributed by atoms with Gasteiger partial charge in [-0.05, 0) is 38.5 Å². The molecule has 0 atom stereocenters. The highest BCUT2D eigenvalue weighted by molar-refractivity contribution is 5.76. The third-order valence-corrected chi connectivity index (χ3v) is 3.82. The third-order valence-electron chi connectivity index (χ3n) is 3.82. The molecule has 0 heterocycles. The molecule has 0 aromatic rings. The summed E-state index contributed by atoms with van der Waals surface area (Å²) in [5.41, 5.74) is 0. The van der Waals surface area contributed by atoms with E-state index in [-0.39, 0.29) is 18.5 Å². The number of amides is 1. The van der Waals surface area contributed by atoms with E-state index in [0.29, 0.717) is 38.3 Å². The molecule has 0 bridgehead atoms. The maximum absolute atomic E-state index is 11.7. The Morgan fingerprint density at radius 3 is 2.43 bits per heavy atom. The predicted octanol–water partition coefficient (Wildman–Crippen LogP) is 2.31. The quantitative estimate of drug-likeness (QED) is 0.479. The van der Waals surface area contributed by atoms with Crippen molar-refractivity contribution in [3.8, 4) is 0 Å². The average molecular weight is 299 g/mol. The second-order valence-corrected chi connectivity index (χ2v) is 5.76. The summed E-state index contributed by atoms with van der Waals surface area (Å²) >= 11 is 0. The number of carbonyl (C=O) groups excluding carboxylic acids is 2. The van der Waals surface area contributed by atoms with Crippen molar-refractivity contribution in [3.05, 3.63) is 0 Å². The fraction of sp³-hybridized carbons (Fsp3) is 0.875. The first-order valence-corrected chi connectivity index (χ1v) is 8.28. The van der Waals surface area contributed by atoms with Gasteiger partial charge in [0.2, 0.25) is 5.91 Å². The van der Waals surface area contributed by atoms with Crippen molar-refractivity contribution < 1.29 is 19.4 Å². The number of unbranched alkanes of at least 4 members (excludes halogenated alkanes) is 2. The second kappa shape index (κ2) is 11.5. The molecule has 122 valence electrons. The summed E-state index contributed by atoms with van der Waals surface area (Å²) in [6.07, 6.45) is 9.60. The van der Waals surface area contributed by atoms with Gasteiger partial charge >= 0.3 is 5.97 Å². The Labute approximate surface area is 127 Å². The molecular formula is C16H29NO4. The van der Waals surface area contributed by atoms with Crippen LogP contribution in [0.4, 0.5) is 0 Å². The summed E-state index contributed by atoms with van der Waals surface area (Å²) in [7, 11) is 0. The van der Waals surface area contributed by atoms with Gasteiger partial charge < -0.3 is 15.2 Å². The van der Waals surface area contributed by atoms with Crippen LogP contribution >= 0.6 is 0 Å².